The topological polar surface area (TPSA) is 85.5 Å². The first-order valence-electron chi connectivity index (χ1n) is 7.31. The van der Waals surface area contributed by atoms with E-state index in [-0.39, 0.29) is 13.2 Å². The van der Waals surface area contributed by atoms with Gasteiger partial charge >= 0.3 is 5.97 Å². The maximum Gasteiger partial charge on any atom is 0.329 e. The molecule has 0 saturated heterocycles. The van der Waals surface area contributed by atoms with Gasteiger partial charge in [-0.1, -0.05) is 24.9 Å². The van der Waals surface area contributed by atoms with Gasteiger partial charge in [0.25, 0.3) is 5.89 Å². The predicted molar refractivity (Wildman–Crippen MR) is 71.2 cm³/mol. The van der Waals surface area contributed by atoms with Gasteiger partial charge in [-0.25, -0.2) is 4.79 Å². The summed E-state index contributed by atoms with van der Waals surface area (Å²) in [4.78, 5) is 14.6. The Morgan fingerprint density at radius 2 is 2.15 bits per heavy atom. The average molecular weight is 282 g/mol. The van der Waals surface area contributed by atoms with Crippen LogP contribution in [0.5, 0.6) is 0 Å². The largest absolute Gasteiger partial charge is 0.480 e. The normalized spacial score (nSPS) is 22.9. The van der Waals surface area contributed by atoms with E-state index in [9.17, 15) is 4.79 Å². The van der Waals surface area contributed by atoms with Crippen molar-refractivity contribution < 1.29 is 19.2 Å². The smallest absolute Gasteiger partial charge is 0.329 e. The third-order valence-electron chi connectivity index (χ3n) is 3.84. The Kier molecular flexibility index (Phi) is 5.52. The molecule has 1 aromatic heterocycles. The Bertz CT molecular complexity index is 425. The molecule has 2 rings (SSSR count). The van der Waals surface area contributed by atoms with E-state index >= 15 is 0 Å². The van der Waals surface area contributed by atoms with Crippen LogP contribution in [0.3, 0.4) is 0 Å². The van der Waals surface area contributed by atoms with Gasteiger partial charge < -0.3 is 14.4 Å². The van der Waals surface area contributed by atoms with Crippen LogP contribution in [0.15, 0.2) is 4.52 Å². The highest BCUT2D eigenvalue weighted by Gasteiger charge is 2.25. The third-order valence-corrected chi connectivity index (χ3v) is 3.84. The highest BCUT2D eigenvalue weighted by Crippen LogP contribution is 2.36. The van der Waals surface area contributed by atoms with E-state index in [0.717, 1.165) is 24.6 Å². The van der Waals surface area contributed by atoms with E-state index in [0.29, 0.717) is 11.8 Å². The van der Waals surface area contributed by atoms with E-state index in [1.807, 2.05) is 0 Å². The molecule has 1 N–H and O–H groups in total. The Morgan fingerprint density at radius 3 is 2.80 bits per heavy atom. The minimum absolute atomic E-state index is 0.0600. The number of carboxylic acids is 1. The van der Waals surface area contributed by atoms with Crippen molar-refractivity contribution in [2.45, 2.75) is 58.0 Å². The van der Waals surface area contributed by atoms with Crippen LogP contribution in [0.25, 0.3) is 0 Å². The first-order valence-corrected chi connectivity index (χ1v) is 7.31. The Balaban J connectivity index is 1.79. The summed E-state index contributed by atoms with van der Waals surface area (Å²) in [6.07, 6.45) is 7.25. The van der Waals surface area contributed by atoms with E-state index in [1.165, 1.54) is 25.7 Å². The van der Waals surface area contributed by atoms with E-state index in [2.05, 4.69) is 17.1 Å². The quantitative estimate of drug-likeness (QED) is 0.827. The summed E-state index contributed by atoms with van der Waals surface area (Å²) in [6, 6.07) is 0. The zero-order valence-corrected chi connectivity index (χ0v) is 11.9. The van der Waals surface area contributed by atoms with Gasteiger partial charge in [0.2, 0.25) is 0 Å². The third kappa shape index (κ3) is 4.30. The summed E-state index contributed by atoms with van der Waals surface area (Å²) < 4.78 is 10.0. The Morgan fingerprint density at radius 1 is 1.40 bits per heavy atom. The number of aromatic nitrogens is 2. The van der Waals surface area contributed by atoms with Crippen LogP contribution in [-0.4, -0.2) is 27.8 Å². The number of rotatable bonds is 7. The van der Waals surface area contributed by atoms with Gasteiger partial charge in [0.1, 0.15) is 13.2 Å². The number of carbonyl (C=O) groups is 1. The Hall–Kier alpha value is -1.43. The van der Waals surface area contributed by atoms with Crippen molar-refractivity contribution in [1.29, 1.82) is 0 Å². The van der Waals surface area contributed by atoms with Crippen LogP contribution in [0, 0.1) is 5.92 Å². The van der Waals surface area contributed by atoms with Crippen molar-refractivity contribution in [3.05, 3.63) is 11.7 Å². The molecule has 0 aliphatic heterocycles. The molecule has 112 valence electrons. The molecule has 0 unspecified atom stereocenters. The minimum atomic E-state index is -1.00. The van der Waals surface area contributed by atoms with Crippen molar-refractivity contribution in [2.24, 2.45) is 5.92 Å². The molecule has 1 fully saturated rings. The number of aliphatic carboxylic acids is 1. The number of hydrogen-bond acceptors (Lipinski definition) is 5. The lowest BCUT2D eigenvalue weighted by Gasteiger charge is -2.26. The van der Waals surface area contributed by atoms with Gasteiger partial charge in [0.05, 0.1) is 0 Å². The molecule has 1 saturated carbocycles. The fourth-order valence-corrected chi connectivity index (χ4v) is 2.84. The molecule has 0 aromatic carbocycles. The first kappa shape index (κ1) is 15.0. The second-order valence-electron chi connectivity index (χ2n) is 5.44. The van der Waals surface area contributed by atoms with Gasteiger partial charge in [-0.2, -0.15) is 4.98 Å². The molecular formula is C14H22N2O4. The van der Waals surface area contributed by atoms with Gasteiger partial charge in [-0.15, -0.1) is 0 Å². The van der Waals surface area contributed by atoms with E-state index in [4.69, 9.17) is 14.4 Å². The van der Waals surface area contributed by atoms with Crippen LogP contribution < -0.4 is 0 Å². The molecule has 0 bridgehead atoms. The SMILES string of the molecule is CCCC1CCC(c2noc(COCC(=O)O)n2)CC1. The molecule has 1 heterocycles. The molecule has 0 radical (unpaired) electrons. The molecule has 0 amide bonds. The monoisotopic (exact) mass is 282 g/mol. The molecule has 20 heavy (non-hydrogen) atoms. The molecular weight excluding hydrogens is 260 g/mol. The molecule has 6 heteroatoms. The molecule has 0 atom stereocenters. The summed E-state index contributed by atoms with van der Waals surface area (Å²) in [5.41, 5.74) is 0. The van der Waals surface area contributed by atoms with Crippen molar-refractivity contribution in [3.63, 3.8) is 0 Å². The number of hydrogen-bond donors (Lipinski definition) is 1. The summed E-state index contributed by atoms with van der Waals surface area (Å²) >= 11 is 0. The second-order valence-corrected chi connectivity index (χ2v) is 5.44. The highest BCUT2D eigenvalue weighted by atomic mass is 16.5. The fraction of sp³-hybridized carbons (Fsp3) is 0.786. The van der Waals surface area contributed by atoms with Crippen molar-refractivity contribution in [1.82, 2.24) is 10.1 Å². The van der Waals surface area contributed by atoms with E-state index in [1.54, 1.807) is 0 Å². The van der Waals surface area contributed by atoms with E-state index < -0.39 is 5.97 Å². The summed E-state index contributed by atoms with van der Waals surface area (Å²) in [7, 11) is 0. The van der Waals surface area contributed by atoms with Gasteiger partial charge in [0.15, 0.2) is 5.82 Å². The van der Waals surface area contributed by atoms with Crippen LogP contribution in [0.1, 0.15) is 63.1 Å². The van der Waals surface area contributed by atoms with Gasteiger partial charge in [0, 0.05) is 5.92 Å². The van der Waals surface area contributed by atoms with Crippen LogP contribution in [0.4, 0.5) is 0 Å². The Labute approximate surface area is 118 Å². The minimum Gasteiger partial charge on any atom is -0.480 e. The number of carboxylic acid groups (broad SMARTS) is 1. The van der Waals surface area contributed by atoms with Crippen LogP contribution in [0.2, 0.25) is 0 Å². The molecule has 6 nitrogen and oxygen atoms in total. The zero-order chi connectivity index (χ0) is 14.4. The standard InChI is InChI=1S/C14H22N2O4/c1-2-3-10-4-6-11(7-5-10)14-15-12(20-16-14)8-19-9-13(17)18/h10-11H,2-9H2,1H3,(H,17,18). The average Bonchev–Trinajstić information content (AvgIpc) is 2.88. The fourth-order valence-electron chi connectivity index (χ4n) is 2.84. The van der Waals surface area contributed by atoms with Crippen LogP contribution in [-0.2, 0) is 16.1 Å². The first-order chi connectivity index (χ1) is 9.69. The van der Waals surface area contributed by atoms with Crippen molar-refractivity contribution in [2.75, 3.05) is 6.61 Å². The van der Waals surface area contributed by atoms with Gasteiger partial charge in [-0.3, -0.25) is 0 Å². The van der Waals surface area contributed by atoms with Gasteiger partial charge in [-0.05, 0) is 31.6 Å². The van der Waals surface area contributed by atoms with Crippen molar-refractivity contribution >= 4 is 5.97 Å². The summed E-state index contributed by atoms with van der Waals surface area (Å²) in [5.74, 6) is 1.33. The maximum absolute atomic E-state index is 10.3. The lowest BCUT2D eigenvalue weighted by atomic mass is 9.80. The summed E-state index contributed by atoms with van der Waals surface area (Å²) in [6.45, 7) is 1.94. The summed E-state index contributed by atoms with van der Waals surface area (Å²) in [5, 5.41) is 12.5. The second kappa shape index (κ2) is 7.38. The highest BCUT2D eigenvalue weighted by molar-refractivity contribution is 5.67. The van der Waals surface area contributed by atoms with Crippen molar-refractivity contribution in [3.8, 4) is 0 Å². The molecule has 1 aliphatic carbocycles. The maximum atomic E-state index is 10.3. The lowest BCUT2D eigenvalue weighted by Crippen LogP contribution is -2.14. The lowest BCUT2D eigenvalue weighted by molar-refractivity contribution is -0.142. The molecule has 0 spiro atoms. The number of ether oxygens (including phenoxy) is 1. The molecule has 1 aliphatic rings. The molecule has 1 aromatic rings. The predicted octanol–water partition coefficient (Wildman–Crippen LogP) is 2.74. The zero-order valence-electron chi connectivity index (χ0n) is 11.9. The van der Waals surface area contributed by atoms with Crippen LogP contribution >= 0.6 is 0 Å². The number of nitrogens with zero attached hydrogens (tertiary/aromatic N) is 2.